The summed E-state index contributed by atoms with van der Waals surface area (Å²) in [6.07, 6.45) is 8.55. The number of aryl methyl sites for hydroxylation is 1. The van der Waals surface area contributed by atoms with Crippen molar-refractivity contribution in [2.24, 2.45) is 5.92 Å². The van der Waals surface area contributed by atoms with E-state index in [9.17, 15) is 8.78 Å². The fraction of sp³-hybridized carbons (Fsp3) is 0.419. The second kappa shape index (κ2) is 12.1. The minimum absolute atomic E-state index is 0.124. The number of ether oxygens (including phenoxy) is 1. The zero-order chi connectivity index (χ0) is 25.7. The Balaban J connectivity index is 1.43. The molecule has 1 fully saturated rings. The van der Waals surface area contributed by atoms with Gasteiger partial charge in [-0.05, 0) is 48.8 Å². The van der Waals surface area contributed by atoms with Crippen LogP contribution in [0.15, 0.2) is 48.5 Å². The molecule has 0 saturated carbocycles. The molecule has 36 heavy (non-hydrogen) atoms. The molecule has 2 unspecified atom stereocenters. The smallest absolute Gasteiger partial charge is 0.167 e. The third-order valence-electron chi connectivity index (χ3n) is 7.33. The zero-order valence-corrected chi connectivity index (χ0v) is 21.1. The van der Waals surface area contributed by atoms with Crippen molar-refractivity contribution in [2.75, 3.05) is 6.61 Å². The van der Waals surface area contributed by atoms with Gasteiger partial charge in [-0.15, -0.1) is 0 Å². The molecule has 2 atom stereocenters. The Morgan fingerprint density at radius 3 is 1.92 bits per heavy atom. The number of halogens is 4. The number of rotatable bonds is 9. The standard InChI is InChI=1S/C31H34F4O/c1-3-4-5-6-7-8-21-10-18-27(36-19-21)26-17-16-25(30(34)31(26)35)23-13-11-22(12-14-23)24-15-9-20(2)28(32)29(24)33/h9,11-17,21,27H,3-8,10,18-19H2,1-2H3. The Morgan fingerprint density at radius 2 is 1.31 bits per heavy atom. The van der Waals surface area contributed by atoms with Crippen molar-refractivity contribution in [3.05, 3.63) is 82.9 Å². The van der Waals surface area contributed by atoms with E-state index in [1.165, 1.54) is 51.2 Å². The van der Waals surface area contributed by atoms with Crippen molar-refractivity contribution in [3.8, 4) is 22.3 Å². The number of benzene rings is 3. The Morgan fingerprint density at radius 1 is 0.694 bits per heavy atom. The summed E-state index contributed by atoms with van der Waals surface area (Å²) in [7, 11) is 0. The molecule has 0 spiro atoms. The minimum Gasteiger partial charge on any atom is -0.373 e. The van der Waals surface area contributed by atoms with Crippen LogP contribution >= 0.6 is 0 Å². The first-order chi connectivity index (χ1) is 17.4. The Kier molecular flexibility index (Phi) is 8.84. The molecule has 3 aromatic rings. The fourth-order valence-corrected chi connectivity index (χ4v) is 5.05. The highest BCUT2D eigenvalue weighted by Gasteiger charge is 2.27. The summed E-state index contributed by atoms with van der Waals surface area (Å²) in [5.74, 6) is -3.12. The van der Waals surface area contributed by atoms with Gasteiger partial charge < -0.3 is 4.74 Å². The maximum atomic E-state index is 15.1. The van der Waals surface area contributed by atoms with Crippen LogP contribution in [0.1, 0.15) is 75.5 Å². The van der Waals surface area contributed by atoms with E-state index in [-0.39, 0.29) is 22.3 Å². The molecule has 0 amide bonds. The quantitative estimate of drug-likeness (QED) is 0.211. The van der Waals surface area contributed by atoms with Gasteiger partial charge in [-0.2, -0.15) is 0 Å². The van der Waals surface area contributed by atoms with Crippen LogP contribution in [0.4, 0.5) is 17.6 Å². The van der Waals surface area contributed by atoms with Crippen molar-refractivity contribution in [2.45, 2.75) is 71.3 Å². The molecule has 1 heterocycles. The summed E-state index contributed by atoms with van der Waals surface area (Å²) < 4.78 is 64.4. The number of hydrogen-bond donors (Lipinski definition) is 0. The molecule has 0 N–H and O–H groups in total. The predicted octanol–water partition coefficient (Wildman–Crippen LogP) is 9.71. The summed E-state index contributed by atoms with van der Waals surface area (Å²) in [6.45, 7) is 4.29. The van der Waals surface area contributed by atoms with E-state index in [1.54, 1.807) is 36.4 Å². The zero-order valence-electron chi connectivity index (χ0n) is 21.1. The number of hydrogen-bond acceptors (Lipinski definition) is 1. The van der Waals surface area contributed by atoms with Crippen molar-refractivity contribution in [1.82, 2.24) is 0 Å². The second-order valence-corrected chi connectivity index (χ2v) is 9.93. The van der Waals surface area contributed by atoms with Crippen LogP contribution in [0.2, 0.25) is 0 Å². The van der Waals surface area contributed by atoms with Crippen LogP contribution < -0.4 is 0 Å². The van der Waals surface area contributed by atoms with Gasteiger partial charge in [-0.25, -0.2) is 17.6 Å². The molecule has 0 aliphatic carbocycles. The van der Waals surface area contributed by atoms with Crippen LogP contribution in [0, 0.1) is 36.1 Å². The van der Waals surface area contributed by atoms with Crippen LogP contribution in [-0.4, -0.2) is 6.61 Å². The Labute approximate surface area is 211 Å². The van der Waals surface area contributed by atoms with E-state index >= 15 is 8.78 Å². The molecule has 0 radical (unpaired) electrons. The van der Waals surface area contributed by atoms with Crippen molar-refractivity contribution >= 4 is 0 Å². The van der Waals surface area contributed by atoms with Gasteiger partial charge in [-0.3, -0.25) is 0 Å². The summed E-state index contributed by atoms with van der Waals surface area (Å²) in [5, 5.41) is 0. The average Bonchev–Trinajstić information content (AvgIpc) is 2.90. The van der Waals surface area contributed by atoms with Gasteiger partial charge in [0.05, 0.1) is 12.7 Å². The lowest BCUT2D eigenvalue weighted by atomic mass is 9.90. The molecule has 0 bridgehead atoms. The summed E-state index contributed by atoms with van der Waals surface area (Å²) in [4.78, 5) is 0. The average molecular weight is 499 g/mol. The normalized spacial score (nSPS) is 17.9. The van der Waals surface area contributed by atoms with Gasteiger partial charge in [-0.1, -0.05) is 87.6 Å². The molecule has 3 aromatic carbocycles. The minimum atomic E-state index is -0.922. The summed E-state index contributed by atoms with van der Waals surface area (Å²) in [6, 6.07) is 12.5. The first kappa shape index (κ1) is 26.4. The molecule has 1 aliphatic rings. The van der Waals surface area contributed by atoms with E-state index in [4.69, 9.17) is 4.74 Å². The van der Waals surface area contributed by atoms with E-state index in [0.717, 1.165) is 12.8 Å². The molecule has 4 rings (SSSR count). The molecule has 1 saturated heterocycles. The maximum Gasteiger partial charge on any atom is 0.167 e. The predicted molar refractivity (Wildman–Crippen MR) is 137 cm³/mol. The monoisotopic (exact) mass is 498 g/mol. The molecule has 1 aliphatic heterocycles. The molecule has 0 aromatic heterocycles. The van der Waals surface area contributed by atoms with Gasteiger partial charge in [0.25, 0.3) is 0 Å². The van der Waals surface area contributed by atoms with Crippen LogP contribution in [0.5, 0.6) is 0 Å². The Hall–Kier alpha value is -2.66. The fourth-order valence-electron chi connectivity index (χ4n) is 5.05. The SMILES string of the molecule is CCCCCCCC1CCC(c2ccc(-c3ccc(-c4ccc(C)c(F)c4F)cc3)c(F)c2F)OC1. The highest BCUT2D eigenvalue weighted by molar-refractivity contribution is 5.71. The lowest BCUT2D eigenvalue weighted by molar-refractivity contribution is -0.0218. The third-order valence-corrected chi connectivity index (χ3v) is 7.33. The third kappa shape index (κ3) is 5.83. The van der Waals surface area contributed by atoms with E-state index in [1.807, 2.05) is 0 Å². The highest BCUT2D eigenvalue weighted by atomic mass is 19.2. The van der Waals surface area contributed by atoms with Crippen LogP contribution in [-0.2, 0) is 4.74 Å². The van der Waals surface area contributed by atoms with Crippen molar-refractivity contribution < 1.29 is 22.3 Å². The summed E-state index contributed by atoms with van der Waals surface area (Å²) >= 11 is 0. The van der Waals surface area contributed by atoms with Gasteiger partial charge in [0.1, 0.15) is 0 Å². The highest BCUT2D eigenvalue weighted by Crippen LogP contribution is 2.37. The van der Waals surface area contributed by atoms with Gasteiger partial charge in [0.2, 0.25) is 0 Å². The topological polar surface area (TPSA) is 9.23 Å². The molecule has 192 valence electrons. The van der Waals surface area contributed by atoms with Crippen molar-refractivity contribution in [3.63, 3.8) is 0 Å². The molecular weight excluding hydrogens is 464 g/mol. The lowest BCUT2D eigenvalue weighted by Gasteiger charge is -2.30. The van der Waals surface area contributed by atoms with Crippen molar-refractivity contribution in [1.29, 1.82) is 0 Å². The first-order valence-corrected chi connectivity index (χ1v) is 13.1. The maximum absolute atomic E-state index is 15.1. The largest absolute Gasteiger partial charge is 0.373 e. The van der Waals surface area contributed by atoms with E-state index in [2.05, 4.69) is 6.92 Å². The second-order valence-electron chi connectivity index (χ2n) is 9.93. The van der Waals surface area contributed by atoms with Gasteiger partial charge >= 0.3 is 0 Å². The molecule has 5 heteroatoms. The summed E-state index contributed by atoms with van der Waals surface area (Å²) in [5.41, 5.74) is 1.65. The lowest BCUT2D eigenvalue weighted by Crippen LogP contribution is -2.21. The molecule has 1 nitrogen and oxygen atoms in total. The van der Waals surface area contributed by atoms with Crippen LogP contribution in [0.25, 0.3) is 22.3 Å². The van der Waals surface area contributed by atoms with Gasteiger partial charge in [0, 0.05) is 16.7 Å². The van der Waals surface area contributed by atoms with E-state index < -0.39 is 29.4 Å². The molecular formula is C31H34F4O. The van der Waals surface area contributed by atoms with Crippen LogP contribution in [0.3, 0.4) is 0 Å². The Bertz CT molecular complexity index is 1160. The number of unbranched alkanes of at least 4 members (excludes halogenated alkanes) is 4. The van der Waals surface area contributed by atoms with E-state index in [0.29, 0.717) is 30.1 Å². The first-order valence-electron chi connectivity index (χ1n) is 13.1. The van der Waals surface area contributed by atoms with Gasteiger partial charge in [0.15, 0.2) is 23.3 Å².